The second kappa shape index (κ2) is 4.99. The van der Waals surface area contributed by atoms with Crippen LogP contribution in [0, 0.1) is 0 Å². The highest BCUT2D eigenvalue weighted by Gasteiger charge is 2.29. The summed E-state index contributed by atoms with van der Waals surface area (Å²) >= 11 is 9.25. The Morgan fingerprint density at radius 2 is 2.00 bits per heavy atom. The van der Waals surface area contributed by atoms with Gasteiger partial charge < -0.3 is 4.74 Å². The van der Waals surface area contributed by atoms with Crippen molar-refractivity contribution in [2.75, 3.05) is 0 Å². The van der Waals surface area contributed by atoms with E-state index in [1.807, 2.05) is 42.5 Å². The van der Waals surface area contributed by atoms with Crippen molar-refractivity contribution in [3.05, 3.63) is 63.6 Å². The number of halogens is 2. The first-order valence-electron chi connectivity index (χ1n) is 5.86. The van der Waals surface area contributed by atoms with E-state index in [1.54, 1.807) is 0 Å². The van der Waals surface area contributed by atoms with Gasteiger partial charge in [-0.15, -0.1) is 0 Å². The minimum absolute atomic E-state index is 0.391. The quantitative estimate of drug-likeness (QED) is 0.728. The van der Waals surface area contributed by atoms with Gasteiger partial charge >= 0.3 is 0 Å². The van der Waals surface area contributed by atoms with E-state index in [4.69, 9.17) is 16.3 Å². The van der Waals surface area contributed by atoms with Crippen LogP contribution in [0.3, 0.4) is 0 Å². The minimum atomic E-state index is -0.479. The topological polar surface area (TPSA) is 26.3 Å². The molecular weight excluding hydrogens is 328 g/mol. The summed E-state index contributed by atoms with van der Waals surface area (Å²) in [6.07, 6.45) is 0. The summed E-state index contributed by atoms with van der Waals surface area (Å²) in [6.45, 7) is 0.450. The lowest BCUT2D eigenvalue weighted by Gasteiger charge is -2.15. The van der Waals surface area contributed by atoms with Crippen molar-refractivity contribution in [1.82, 2.24) is 0 Å². The summed E-state index contributed by atoms with van der Waals surface area (Å²) in [4.78, 5) is 11.9. The first-order valence-corrected chi connectivity index (χ1v) is 7.03. The second-order valence-corrected chi connectivity index (χ2v) is 5.69. The predicted molar refractivity (Wildman–Crippen MR) is 77.6 cm³/mol. The smallest absolute Gasteiger partial charge is 0.233 e. The number of rotatable bonds is 1. The van der Waals surface area contributed by atoms with Gasteiger partial charge in [0.15, 0.2) is 0 Å². The maximum Gasteiger partial charge on any atom is 0.233 e. The molecule has 2 aromatic rings. The molecule has 0 radical (unpaired) electrons. The van der Waals surface area contributed by atoms with E-state index in [1.165, 1.54) is 0 Å². The van der Waals surface area contributed by atoms with Crippen LogP contribution in [0.4, 0.5) is 0 Å². The van der Waals surface area contributed by atoms with E-state index in [-0.39, 0.29) is 0 Å². The molecule has 0 saturated carbocycles. The number of ether oxygens (including phenoxy) is 1. The molecule has 0 amide bonds. The summed E-state index contributed by atoms with van der Waals surface area (Å²) in [6, 6.07) is 13.4. The van der Waals surface area contributed by atoms with Gasteiger partial charge in [0.2, 0.25) is 5.24 Å². The van der Waals surface area contributed by atoms with Crippen LogP contribution in [0.2, 0.25) is 0 Å². The molecule has 3 rings (SSSR count). The summed E-state index contributed by atoms with van der Waals surface area (Å²) in [5, 5.41) is -0.391. The monoisotopic (exact) mass is 336 g/mol. The summed E-state index contributed by atoms with van der Waals surface area (Å²) < 4.78 is 6.68. The zero-order valence-corrected chi connectivity index (χ0v) is 12.2. The van der Waals surface area contributed by atoms with Gasteiger partial charge in [0.25, 0.3) is 0 Å². The molecule has 2 nitrogen and oxygen atoms in total. The fourth-order valence-electron chi connectivity index (χ4n) is 2.39. The zero-order chi connectivity index (χ0) is 13.4. The lowest BCUT2D eigenvalue weighted by Crippen LogP contribution is -2.09. The highest BCUT2D eigenvalue weighted by molar-refractivity contribution is 9.10. The lowest BCUT2D eigenvalue weighted by atomic mass is 9.89. The maximum atomic E-state index is 11.9. The molecule has 0 fully saturated rings. The molecule has 0 saturated heterocycles. The van der Waals surface area contributed by atoms with Crippen LogP contribution in [0.25, 0.3) is 0 Å². The van der Waals surface area contributed by atoms with E-state index in [0.29, 0.717) is 12.4 Å². The number of carbonyl (C=O) groups is 1. The number of fused-ring (bicyclic) bond motifs is 2. The van der Waals surface area contributed by atoms with Crippen LogP contribution in [0.5, 0.6) is 5.75 Å². The van der Waals surface area contributed by atoms with Gasteiger partial charge in [0.05, 0.1) is 5.92 Å². The van der Waals surface area contributed by atoms with Crippen molar-refractivity contribution >= 4 is 32.8 Å². The normalized spacial score (nSPS) is 16.8. The Hall–Kier alpha value is -1.32. The molecule has 0 aromatic heterocycles. The van der Waals surface area contributed by atoms with Crippen molar-refractivity contribution in [2.24, 2.45) is 0 Å². The number of benzene rings is 2. The Kier molecular flexibility index (Phi) is 3.33. The molecule has 0 aliphatic carbocycles. The van der Waals surface area contributed by atoms with Crippen LogP contribution in [-0.2, 0) is 11.4 Å². The standard InChI is InChI=1S/C15H10BrClO2/c16-10-5-6-13-12(7-10)14(15(17)18)11-4-2-1-3-9(11)8-19-13/h1-7,14H,8H2/t14-/m1/s1. The minimum Gasteiger partial charge on any atom is -0.489 e. The predicted octanol–water partition coefficient (Wildman–Crippen LogP) is 4.24. The highest BCUT2D eigenvalue weighted by atomic mass is 79.9. The average molecular weight is 338 g/mol. The number of carbonyl (C=O) groups excluding carboxylic acids is 1. The van der Waals surface area contributed by atoms with Crippen molar-refractivity contribution < 1.29 is 9.53 Å². The lowest BCUT2D eigenvalue weighted by molar-refractivity contribution is -0.112. The molecule has 0 spiro atoms. The first-order chi connectivity index (χ1) is 9.16. The molecule has 0 unspecified atom stereocenters. The third-order valence-electron chi connectivity index (χ3n) is 3.26. The van der Waals surface area contributed by atoms with Gasteiger partial charge in [0, 0.05) is 10.0 Å². The van der Waals surface area contributed by atoms with Crippen molar-refractivity contribution in [3.63, 3.8) is 0 Å². The fourth-order valence-corrected chi connectivity index (χ4v) is 3.01. The molecule has 1 aliphatic rings. The van der Waals surface area contributed by atoms with Gasteiger partial charge in [-0.3, -0.25) is 4.79 Å². The van der Waals surface area contributed by atoms with E-state index in [9.17, 15) is 4.79 Å². The Labute approximate surface area is 124 Å². The molecular formula is C15H10BrClO2. The first kappa shape index (κ1) is 12.7. The number of hydrogen-bond acceptors (Lipinski definition) is 2. The van der Waals surface area contributed by atoms with Crippen LogP contribution in [0.1, 0.15) is 22.6 Å². The Morgan fingerprint density at radius 1 is 1.21 bits per heavy atom. The van der Waals surface area contributed by atoms with E-state index in [0.717, 1.165) is 21.2 Å². The molecule has 1 heterocycles. The molecule has 96 valence electrons. The van der Waals surface area contributed by atoms with Crippen molar-refractivity contribution in [2.45, 2.75) is 12.5 Å². The molecule has 0 bridgehead atoms. The molecule has 0 N–H and O–H groups in total. The summed E-state index contributed by atoms with van der Waals surface area (Å²) in [5.41, 5.74) is 2.72. The summed E-state index contributed by atoms with van der Waals surface area (Å²) in [7, 11) is 0. The third-order valence-corrected chi connectivity index (χ3v) is 3.97. The second-order valence-electron chi connectivity index (χ2n) is 4.41. The third kappa shape index (κ3) is 2.28. The molecule has 1 aliphatic heterocycles. The Balaban J connectivity index is 2.25. The van der Waals surface area contributed by atoms with Gasteiger partial charge in [-0.25, -0.2) is 0 Å². The van der Waals surface area contributed by atoms with Crippen LogP contribution in [-0.4, -0.2) is 5.24 Å². The van der Waals surface area contributed by atoms with Crippen molar-refractivity contribution in [3.8, 4) is 5.75 Å². The van der Waals surface area contributed by atoms with E-state index < -0.39 is 11.2 Å². The van der Waals surface area contributed by atoms with Crippen LogP contribution >= 0.6 is 27.5 Å². The molecule has 2 aromatic carbocycles. The van der Waals surface area contributed by atoms with Gasteiger partial charge in [-0.1, -0.05) is 40.2 Å². The highest BCUT2D eigenvalue weighted by Crippen LogP contribution is 2.39. The molecule has 1 atom stereocenters. The Bertz CT molecular complexity index is 654. The van der Waals surface area contributed by atoms with Gasteiger partial charge in [-0.2, -0.15) is 0 Å². The molecule has 19 heavy (non-hydrogen) atoms. The largest absolute Gasteiger partial charge is 0.489 e. The Morgan fingerprint density at radius 3 is 2.79 bits per heavy atom. The maximum absolute atomic E-state index is 11.9. The van der Waals surface area contributed by atoms with E-state index >= 15 is 0 Å². The fraction of sp³-hybridized carbons (Fsp3) is 0.133. The van der Waals surface area contributed by atoms with Gasteiger partial charge in [0.1, 0.15) is 12.4 Å². The zero-order valence-electron chi connectivity index (χ0n) is 9.90. The van der Waals surface area contributed by atoms with E-state index in [2.05, 4.69) is 15.9 Å². The van der Waals surface area contributed by atoms with Crippen molar-refractivity contribution in [1.29, 1.82) is 0 Å². The average Bonchev–Trinajstić information content (AvgIpc) is 2.54. The molecule has 4 heteroatoms. The van der Waals surface area contributed by atoms with Gasteiger partial charge in [-0.05, 0) is 40.9 Å². The summed E-state index contributed by atoms with van der Waals surface area (Å²) in [5.74, 6) is 0.228. The SMILES string of the molecule is O=C(Cl)[C@@H]1c2ccccc2COc2ccc(Br)cc21. The van der Waals surface area contributed by atoms with Crippen LogP contribution < -0.4 is 4.74 Å². The van der Waals surface area contributed by atoms with Crippen LogP contribution in [0.15, 0.2) is 46.9 Å². The number of hydrogen-bond donors (Lipinski definition) is 0.